The third kappa shape index (κ3) is 12.4. The monoisotopic (exact) mass is 314 g/mol. The molecule has 0 aromatic rings. The third-order valence-corrected chi connectivity index (χ3v) is 4.31. The molecule has 1 atom stereocenters. The fourth-order valence-corrected chi connectivity index (χ4v) is 2.87. The molecule has 1 saturated heterocycles. The van der Waals surface area contributed by atoms with Crippen LogP contribution in [0.2, 0.25) is 0 Å². The van der Waals surface area contributed by atoms with Crippen LogP contribution in [-0.4, -0.2) is 32.7 Å². The van der Waals surface area contributed by atoms with Crippen molar-refractivity contribution in [2.75, 3.05) is 26.4 Å². The molecule has 0 N–H and O–H groups in total. The van der Waals surface area contributed by atoms with Crippen molar-refractivity contribution in [2.24, 2.45) is 0 Å². The van der Waals surface area contributed by atoms with E-state index < -0.39 is 0 Å². The van der Waals surface area contributed by atoms with Crippen molar-refractivity contribution in [3.8, 4) is 0 Å². The second-order valence-electron chi connectivity index (χ2n) is 6.46. The maximum absolute atomic E-state index is 5.64. The average molecular weight is 315 g/mol. The quantitative estimate of drug-likeness (QED) is 0.375. The van der Waals surface area contributed by atoms with Crippen LogP contribution in [0.3, 0.4) is 0 Å². The van der Waals surface area contributed by atoms with Gasteiger partial charge < -0.3 is 14.2 Å². The Morgan fingerprint density at radius 2 is 1.45 bits per heavy atom. The summed E-state index contributed by atoms with van der Waals surface area (Å²) in [6.45, 7) is 5.38. The fourth-order valence-electron chi connectivity index (χ4n) is 2.87. The van der Waals surface area contributed by atoms with Crippen LogP contribution in [0.5, 0.6) is 0 Å². The maximum atomic E-state index is 5.64. The Bertz CT molecular complexity index is 215. The van der Waals surface area contributed by atoms with E-state index in [-0.39, 0.29) is 6.29 Å². The zero-order valence-electron chi connectivity index (χ0n) is 14.8. The predicted octanol–water partition coefficient (Wildman–Crippen LogP) is 5.47. The SMILES string of the molecule is CCCCCCCCCCCCOCCOC1CCCCO1. The summed E-state index contributed by atoms with van der Waals surface area (Å²) < 4.78 is 16.8. The number of unbranched alkanes of at least 4 members (excludes halogenated alkanes) is 9. The van der Waals surface area contributed by atoms with E-state index in [0.29, 0.717) is 13.2 Å². The van der Waals surface area contributed by atoms with E-state index in [1.165, 1.54) is 77.0 Å². The number of ether oxygens (including phenoxy) is 3. The van der Waals surface area contributed by atoms with Gasteiger partial charge in [0.05, 0.1) is 13.2 Å². The van der Waals surface area contributed by atoms with Crippen molar-refractivity contribution in [1.29, 1.82) is 0 Å². The molecule has 1 aliphatic rings. The molecule has 22 heavy (non-hydrogen) atoms. The van der Waals surface area contributed by atoms with Crippen molar-refractivity contribution < 1.29 is 14.2 Å². The van der Waals surface area contributed by atoms with Gasteiger partial charge in [0.15, 0.2) is 6.29 Å². The lowest BCUT2D eigenvalue weighted by Gasteiger charge is -2.22. The van der Waals surface area contributed by atoms with Gasteiger partial charge in [0.2, 0.25) is 0 Å². The summed E-state index contributed by atoms with van der Waals surface area (Å²) in [5, 5.41) is 0. The van der Waals surface area contributed by atoms with Crippen LogP contribution in [0.25, 0.3) is 0 Å². The van der Waals surface area contributed by atoms with E-state index in [2.05, 4.69) is 6.92 Å². The molecule has 0 aromatic carbocycles. The summed E-state index contributed by atoms with van der Waals surface area (Å²) in [5.74, 6) is 0. The molecule has 0 amide bonds. The van der Waals surface area contributed by atoms with Crippen LogP contribution >= 0.6 is 0 Å². The van der Waals surface area contributed by atoms with Gasteiger partial charge in [0.1, 0.15) is 0 Å². The average Bonchev–Trinajstić information content (AvgIpc) is 2.56. The van der Waals surface area contributed by atoms with Gasteiger partial charge in [0.25, 0.3) is 0 Å². The first-order chi connectivity index (χ1) is 10.9. The molecule has 0 spiro atoms. The molecule has 1 heterocycles. The second-order valence-corrected chi connectivity index (χ2v) is 6.46. The Hall–Kier alpha value is -0.120. The van der Waals surface area contributed by atoms with Crippen molar-refractivity contribution in [1.82, 2.24) is 0 Å². The van der Waals surface area contributed by atoms with Gasteiger partial charge in [-0.25, -0.2) is 0 Å². The Labute approximate surface area is 138 Å². The van der Waals surface area contributed by atoms with Crippen LogP contribution in [0, 0.1) is 0 Å². The van der Waals surface area contributed by atoms with Crippen molar-refractivity contribution >= 4 is 0 Å². The van der Waals surface area contributed by atoms with Crippen molar-refractivity contribution in [3.05, 3.63) is 0 Å². The van der Waals surface area contributed by atoms with E-state index in [1.807, 2.05) is 0 Å². The minimum absolute atomic E-state index is 0.0228. The van der Waals surface area contributed by atoms with Gasteiger partial charge in [-0.2, -0.15) is 0 Å². The largest absolute Gasteiger partial charge is 0.379 e. The molecule has 0 saturated carbocycles. The van der Waals surface area contributed by atoms with Crippen LogP contribution in [-0.2, 0) is 14.2 Å². The topological polar surface area (TPSA) is 27.7 Å². The van der Waals surface area contributed by atoms with E-state index in [0.717, 1.165) is 19.6 Å². The standard InChI is InChI=1S/C19H38O3/c1-2-3-4-5-6-7-8-9-10-12-15-20-17-18-22-19-14-11-13-16-21-19/h19H,2-18H2,1H3. The second kappa shape index (κ2) is 15.8. The molecule has 0 aliphatic carbocycles. The highest BCUT2D eigenvalue weighted by Crippen LogP contribution is 2.13. The fraction of sp³-hybridized carbons (Fsp3) is 1.00. The molecule has 0 aromatic heterocycles. The van der Waals surface area contributed by atoms with Gasteiger partial charge in [-0.1, -0.05) is 64.7 Å². The molecule has 1 rings (SSSR count). The molecular formula is C19H38O3. The molecule has 1 aliphatic heterocycles. The minimum atomic E-state index is 0.0228. The van der Waals surface area contributed by atoms with Crippen LogP contribution in [0.15, 0.2) is 0 Å². The van der Waals surface area contributed by atoms with E-state index >= 15 is 0 Å². The van der Waals surface area contributed by atoms with Crippen molar-refractivity contribution in [3.63, 3.8) is 0 Å². The predicted molar refractivity (Wildman–Crippen MR) is 92.2 cm³/mol. The highest BCUT2D eigenvalue weighted by atomic mass is 16.7. The molecule has 1 unspecified atom stereocenters. The first kappa shape index (κ1) is 19.9. The smallest absolute Gasteiger partial charge is 0.157 e. The number of hydrogen-bond donors (Lipinski definition) is 0. The number of rotatable bonds is 15. The first-order valence-electron chi connectivity index (χ1n) is 9.74. The van der Waals surface area contributed by atoms with Gasteiger partial charge >= 0.3 is 0 Å². The lowest BCUT2D eigenvalue weighted by Crippen LogP contribution is -2.24. The van der Waals surface area contributed by atoms with Gasteiger partial charge in [-0.3, -0.25) is 0 Å². The molecule has 132 valence electrons. The lowest BCUT2D eigenvalue weighted by atomic mass is 10.1. The zero-order chi connectivity index (χ0) is 15.7. The summed E-state index contributed by atoms with van der Waals surface area (Å²) in [6.07, 6.45) is 17.2. The maximum Gasteiger partial charge on any atom is 0.157 e. The highest BCUT2D eigenvalue weighted by molar-refractivity contribution is 4.53. The summed E-state index contributed by atoms with van der Waals surface area (Å²) >= 11 is 0. The molecular weight excluding hydrogens is 276 g/mol. The van der Waals surface area contributed by atoms with E-state index in [4.69, 9.17) is 14.2 Å². The molecule has 0 radical (unpaired) electrons. The number of hydrogen-bond acceptors (Lipinski definition) is 3. The molecule has 1 fully saturated rings. The molecule has 3 heteroatoms. The van der Waals surface area contributed by atoms with Crippen LogP contribution < -0.4 is 0 Å². The zero-order valence-corrected chi connectivity index (χ0v) is 14.8. The molecule has 3 nitrogen and oxygen atoms in total. The summed E-state index contributed by atoms with van der Waals surface area (Å²) in [6, 6.07) is 0. The third-order valence-electron chi connectivity index (χ3n) is 4.31. The first-order valence-corrected chi connectivity index (χ1v) is 9.74. The molecule has 0 bridgehead atoms. The Kier molecular flexibility index (Phi) is 14.3. The van der Waals surface area contributed by atoms with Gasteiger partial charge in [-0.05, 0) is 25.7 Å². The van der Waals surface area contributed by atoms with Crippen LogP contribution in [0.1, 0.15) is 90.4 Å². The highest BCUT2D eigenvalue weighted by Gasteiger charge is 2.13. The lowest BCUT2D eigenvalue weighted by molar-refractivity contribution is -0.169. The Balaban J connectivity index is 1.68. The van der Waals surface area contributed by atoms with E-state index in [9.17, 15) is 0 Å². The van der Waals surface area contributed by atoms with Crippen molar-refractivity contribution in [2.45, 2.75) is 96.7 Å². The Morgan fingerprint density at radius 1 is 0.773 bits per heavy atom. The Morgan fingerprint density at radius 3 is 2.09 bits per heavy atom. The summed E-state index contributed by atoms with van der Waals surface area (Å²) in [4.78, 5) is 0. The normalized spacial score (nSPS) is 18.7. The van der Waals surface area contributed by atoms with Gasteiger partial charge in [-0.15, -0.1) is 0 Å². The summed E-state index contributed by atoms with van der Waals surface area (Å²) in [7, 11) is 0. The van der Waals surface area contributed by atoms with Gasteiger partial charge in [0, 0.05) is 13.2 Å². The van der Waals surface area contributed by atoms with Crippen LogP contribution in [0.4, 0.5) is 0 Å². The minimum Gasteiger partial charge on any atom is -0.379 e. The van der Waals surface area contributed by atoms with E-state index in [1.54, 1.807) is 0 Å². The summed E-state index contributed by atoms with van der Waals surface area (Å²) in [5.41, 5.74) is 0.